The van der Waals surface area contributed by atoms with Gasteiger partial charge in [0.1, 0.15) is 0 Å². The highest BCUT2D eigenvalue weighted by atomic mass is 35.5. The second-order valence-corrected chi connectivity index (χ2v) is 5.84. The van der Waals surface area contributed by atoms with Gasteiger partial charge in [0, 0.05) is 28.9 Å². The molecule has 0 spiro atoms. The Morgan fingerprint density at radius 1 is 1.39 bits per heavy atom. The molecule has 0 bridgehead atoms. The van der Waals surface area contributed by atoms with Crippen LogP contribution in [0.1, 0.15) is 38.3 Å². The first kappa shape index (κ1) is 13.2. The number of hydrogen-bond acceptors (Lipinski definition) is 1. The summed E-state index contributed by atoms with van der Waals surface area (Å²) < 4.78 is 0. The van der Waals surface area contributed by atoms with Gasteiger partial charge in [-0.2, -0.15) is 0 Å². The molecule has 0 atom stereocenters. The molecule has 0 aromatic heterocycles. The van der Waals surface area contributed by atoms with E-state index in [0.29, 0.717) is 0 Å². The van der Waals surface area contributed by atoms with Crippen molar-refractivity contribution in [1.82, 2.24) is 0 Å². The van der Waals surface area contributed by atoms with Gasteiger partial charge in [0.15, 0.2) is 0 Å². The molecular formula is C16H20ClN. The van der Waals surface area contributed by atoms with E-state index in [9.17, 15) is 0 Å². The number of benzene rings is 1. The molecular weight excluding hydrogens is 242 g/mol. The number of allylic oxidation sites excluding steroid dienone is 2. The van der Waals surface area contributed by atoms with Crippen molar-refractivity contribution >= 4 is 22.9 Å². The van der Waals surface area contributed by atoms with E-state index in [1.807, 2.05) is 0 Å². The van der Waals surface area contributed by atoms with Crippen LogP contribution in [0.2, 0.25) is 5.02 Å². The first-order chi connectivity index (χ1) is 8.30. The predicted octanol–water partition coefficient (Wildman–Crippen LogP) is 5.00. The Bertz CT molecular complexity index is 540. The van der Waals surface area contributed by atoms with Gasteiger partial charge in [-0.3, -0.25) is 0 Å². The fourth-order valence-corrected chi connectivity index (χ4v) is 2.82. The number of nitrogens with zero attached hydrogens (tertiary/aromatic N) is 1. The van der Waals surface area contributed by atoms with Crippen LogP contribution in [0, 0.1) is 0 Å². The van der Waals surface area contributed by atoms with E-state index in [-0.39, 0.29) is 5.41 Å². The highest BCUT2D eigenvalue weighted by Gasteiger charge is 2.37. The van der Waals surface area contributed by atoms with Crippen LogP contribution in [-0.4, -0.2) is 7.05 Å². The normalized spacial score (nSPS) is 16.9. The Hall–Kier alpha value is -1.21. The van der Waals surface area contributed by atoms with Crippen molar-refractivity contribution in [2.45, 2.75) is 32.6 Å². The molecule has 18 heavy (non-hydrogen) atoms. The molecule has 96 valence electrons. The van der Waals surface area contributed by atoms with Gasteiger partial charge in [0.2, 0.25) is 0 Å². The Morgan fingerprint density at radius 2 is 2.00 bits per heavy atom. The van der Waals surface area contributed by atoms with Crippen molar-refractivity contribution in [3.8, 4) is 0 Å². The van der Waals surface area contributed by atoms with E-state index in [1.165, 1.54) is 11.3 Å². The topological polar surface area (TPSA) is 3.24 Å². The SMILES string of the molecule is C=C(CC)c1cc2c(cc1Cl)C(C)(C)C(=C)N2C. The summed E-state index contributed by atoms with van der Waals surface area (Å²) in [6, 6.07) is 4.21. The summed E-state index contributed by atoms with van der Waals surface area (Å²) in [6.45, 7) is 14.7. The van der Waals surface area contributed by atoms with Crippen LogP contribution in [0.5, 0.6) is 0 Å². The zero-order valence-electron chi connectivity index (χ0n) is 11.6. The summed E-state index contributed by atoms with van der Waals surface area (Å²) in [7, 11) is 2.06. The van der Waals surface area contributed by atoms with E-state index < -0.39 is 0 Å². The Balaban J connectivity index is 2.66. The molecule has 1 heterocycles. The minimum Gasteiger partial charge on any atom is -0.348 e. The standard InChI is InChI=1S/C16H20ClN/c1-7-10(2)12-8-15-13(9-14(12)17)16(4,5)11(3)18(15)6/h8-9H,2-3,7H2,1,4-6H3. The second-order valence-electron chi connectivity index (χ2n) is 5.44. The number of anilines is 1. The molecule has 0 radical (unpaired) electrons. The fourth-order valence-electron chi connectivity index (χ4n) is 2.52. The third kappa shape index (κ3) is 1.69. The minimum atomic E-state index is -0.0558. The van der Waals surface area contributed by atoms with Crippen LogP contribution >= 0.6 is 11.6 Å². The van der Waals surface area contributed by atoms with Crippen molar-refractivity contribution in [3.05, 3.63) is 47.1 Å². The summed E-state index contributed by atoms with van der Waals surface area (Å²) in [5.41, 5.74) is 5.61. The van der Waals surface area contributed by atoms with E-state index in [1.54, 1.807) is 0 Å². The molecule has 0 amide bonds. The van der Waals surface area contributed by atoms with E-state index in [2.05, 4.69) is 58.0 Å². The van der Waals surface area contributed by atoms with Gasteiger partial charge in [-0.15, -0.1) is 0 Å². The van der Waals surface area contributed by atoms with Crippen molar-refractivity contribution < 1.29 is 0 Å². The molecule has 2 heteroatoms. The van der Waals surface area contributed by atoms with Gasteiger partial charge in [0.05, 0.1) is 0 Å². The lowest BCUT2D eigenvalue weighted by Crippen LogP contribution is -2.21. The van der Waals surface area contributed by atoms with Crippen LogP contribution in [0.4, 0.5) is 5.69 Å². The zero-order valence-corrected chi connectivity index (χ0v) is 12.4. The monoisotopic (exact) mass is 261 g/mol. The fraction of sp³-hybridized carbons (Fsp3) is 0.375. The van der Waals surface area contributed by atoms with Gasteiger partial charge in [-0.1, -0.05) is 45.5 Å². The molecule has 0 unspecified atom stereocenters. The highest BCUT2D eigenvalue weighted by molar-refractivity contribution is 6.32. The van der Waals surface area contributed by atoms with Crippen molar-refractivity contribution in [2.75, 3.05) is 11.9 Å². The number of likely N-dealkylation sites (N-methyl/N-ethyl adjacent to an activating group) is 1. The third-order valence-corrected chi connectivity index (χ3v) is 4.37. The molecule has 1 nitrogen and oxygen atoms in total. The minimum absolute atomic E-state index is 0.0558. The molecule has 2 rings (SSSR count). The third-order valence-electron chi connectivity index (χ3n) is 4.05. The number of rotatable bonds is 2. The molecule has 1 aliphatic rings. The maximum atomic E-state index is 6.40. The van der Waals surface area contributed by atoms with E-state index >= 15 is 0 Å². The van der Waals surface area contributed by atoms with Crippen LogP contribution in [0.25, 0.3) is 5.57 Å². The summed E-state index contributed by atoms with van der Waals surface area (Å²) >= 11 is 6.40. The van der Waals surface area contributed by atoms with Crippen LogP contribution < -0.4 is 4.90 Å². The molecule has 0 fully saturated rings. The summed E-state index contributed by atoms with van der Waals surface area (Å²) in [4.78, 5) is 2.15. The Labute approximate surface area is 115 Å². The van der Waals surface area contributed by atoms with Gasteiger partial charge < -0.3 is 4.90 Å². The molecule has 0 aliphatic carbocycles. The quantitative estimate of drug-likeness (QED) is 0.724. The average Bonchev–Trinajstić information content (AvgIpc) is 2.49. The van der Waals surface area contributed by atoms with Crippen LogP contribution in [0.15, 0.2) is 31.0 Å². The Kier molecular flexibility index (Phi) is 3.06. The van der Waals surface area contributed by atoms with E-state index in [4.69, 9.17) is 11.6 Å². The van der Waals surface area contributed by atoms with Crippen molar-refractivity contribution in [1.29, 1.82) is 0 Å². The lowest BCUT2D eigenvalue weighted by molar-refractivity contribution is 0.643. The first-order valence-corrected chi connectivity index (χ1v) is 6.63. The van der Waals surface area contributed by atoms with Gasteiger partial charge >= 0.3 is 0 Å². The molecule has 0 saturated carbocycles. The summed E-state index contributed by atoms with van der Waals surface area (Å²) in [5, 5.41) is 0.789. The average molecular weight is 262 g/mol. The first-order valence-electron chi connectivity index (χ1n) is 6.26. The number of fused-ring (bicyclic) bond motifs is 1. The largest absolute Gasteiger partial charge is 0.348 e. The van der Waals surface area contributed by atoms with Gasteiger partial charge in [-0.05, 0) is 35.3 Å². The summed E-state index contributed by atoms with van der Waals surface area (Å²) in [6.07, 6.45) is 0.909. The van der Waals surface area contributed by atoms with Crippen molar-refractivity contribution in [3.63, 3.8) is 0 Å². The van der Waals surface area contributed by atoms with Gasteiger partial charge in [-0.25, -0.2) is 0 Å². The number of halogens is 1. The predicted molar refractivity (Wildman–Crippen MR) is 81.3 cm³/mol. The summed E-state index contributed by atoms with van der Waals surface area (Å²) in [5.74, 6) is 0. The molecule has 1 aromatic carbocycles. The van der Waals surface area contributed by atoms with Crippen LogP contribution in [-0.2, 0) is 5.41 Å². The maximum absolute atomic E-state index is 6.40. The van der Waals surface area contributed by atoms with E-state index in [0.717, 1.165) is 28.3 Å². The Morgan fingerprint density at radius 3 is 2.56 bits per heavy atom. The highest BCUT2D eigenvalue weighted by Crippen LogP contribution is 2.48. The molecule has 1 aromatic rings. The zero-order chi connectivity index (χ0) is 13.7. The van der Waals surface area contributed by atoms with Crippen molar-refractivity contribution in [2.24, 2.45) is 0 Å². The maximum Gasteiger partial charge on any atom is 0.0485 e. The number of hydrogen-bond donors (Lipinski definition) is 0. The van der Waals surface area contributed by atoms with Gasteiger partial charge in [0.25, 0.3) is 0 Å². The van der Waals surface area contributed by atoms with Crippen LogP contribution in [0.3, 0.4) is 0 Å². The molecule has 1 aliphatic heterocycles. The molecule has 0 saturated heterocycles. The smallest absolute Gasteiger partial charge is 0.0485 e. The molecule has 0 N–H and O–H groups in total. The lowest BCUT2D eigenvalue weighted by Gasteiger charge is -2.22. The second kappa shape index (κ2) is 4.17. The lowest BCUT2D eigenvalue weighted by atomic mass is 9.84.